The lowest BCUT2D eigenvalue weighted by Gasteiger charge is -2.12. The van der Waals surface area contributed by atoms with Gasteiger partial charge in [-0.15, -0.1) is 0 Å². The average molecular weight is 278 g/mol. The Labute approximate surface area is 124 Å². The molecule has 2 heterocycles. The molecule has 3 nitrogen and oxygen atoms in total. The van der Waals surface area contributed by atoms with Gasteiger partial charge < -0.3 is 5.11 Å². The van der Waals surface area contributed by atoms with Crippen molar-refractivity contribution in [2.75, 3.05) is 0 Å². The summed E-state index contributed by atoms with van der Waals surface area (Å²) in [6.45, 7) is 0. The first-order chi connectivity index (χ1) is 10.3. The van der Waals surface area contributed by atoms with Crippen molar-refractivity contribution in [2.24, 2.45) is 0 Å². The van der Waals surface area contributed by atoms with Gasteiger partial charge in [-0.1, -0.05) is 18.2 Å². The molecule has 3 aromatic rings. The number of nitrogens with zero attached hydrogens (tertiary/aromatic N) is 2. The number of hydrogen-bond donors (Lipinski definition) is 1. The summed E-state index contributed by atoms with van der Waals surface area (Å²) in [5.74, 6) is 0. The number of aliphatic hydroxyl groups is 1. The molecule has 3 rings (SSSR count). The highest BCUT2D eigenvalue weighted by Crippen LogP contribution is 2.18. The lowest BCUT2D eigenvalue weighted by molar-refractivity contribution is 0.165. The summed E-state index contributed by atoms with van der Waals surface area (Å²) in [6, 6.07) is 14.0. The smallest absolute Gasteiger partial charge is 0.0704 e. The van der Waals surface area contributed by atoms with Crippen LogP contribution in [0.15, 0.2) is 61.1 Å². The molecule has 0 fully saturated rings. The number of aromatic nitrogens is 2. The maximum atomic E-state index is 10.3. The van der Waals surface area contributed by atoms with Crippen LogP contribution in [0.25, 0.3) is 10.9 Å². The van der Waals surface area contributed by atoms with E-state index in [4.69, 9.17) is 0 Å². The molecule has 1 unspecified atom stereocenters. The van der Waals surface area contributed by atoms with Gasteiger partial charge in [0.15, 0.2) is 0 Å². The highest BCUT2D eigenvalue weighted by atomic mass is 16.3. The molecule has 1 N–H and O–H groups in total. The van der Waals surface area contributed by atoms with Gasteiger partial charge in [-0.3, -0.25) is 9.97 Å². The summed E-state index contributed by atoms with van der Waals surface area (Å²) in [7, 11) is 0. The van der Waals surface area contributed by atoms with Gasteiger partial charge in [-0.2, -0.15) is 0 Å². The van der Waals surface area contributed by atoms with Gasteiger partial charge in [-0.05, 0) is 54.7 Å². The number of aliphatic hydroxyl groups excluding tert-OH is 1. The van der Waals surface area contributed by atoms with Crippen LogP contribution in [0, 0.1) is 0 Å². The molecule has 0 saturated heterocycles. The molecule has 0 saturated carbocycles. The van der Waals surface area contributed by atoms with Crippen LogP contribution >= 0.6 is 0 Å². The first-order valence-electron chi connectivity index (χ1n) is 7.22. The van der Waals surface area contributed by atoms with Crippen molar-refractivity contribution in [3.63, 3.8) is 0 Å². The molecule has 0 aliphatic heterocycles. The van der Waals surface area contributed by atoms with E-state index in [1.165, 1.54) is 5.56 Å². The van der Waals surface area contributed by atoms with E-state index >= 15 is 0 Å². The third-order valence-electron chi connectivity index (χ3n) is 3.71. The van der Waals surface area contributed by atoms with Gasteiger partial charge >= 0.3 is 0 Å². The third-order valence-corrected chi connectivity index (χ3v) is 3.71. The Morgan fingerprint density at radius 3 is 2.62 bits per heavy atom. The van der Waals surface area contributed by atoms with Crippen molar-refractivity contribution in [2.45, 2.75) is 25.4 Å². The second-order valence-corrected chi connectivity index (χ2v) is 5.24. The van der Waals surface area contributed by atoms with Gasteiger partial charge in [0.25, 0.3) is 0 Å². The van der Waals surface area contributed by atoms with Gasteiger partial charge in [0.05, 0.1) is 11.6 Å². The van der Waals surface area contributed by atoms with Crippen molar-refractivity contribution in [3.8, 4) is 0 Å². The summed E-state index contributed by atoms with van der Waals surface area (Å²) in [4.78, 5) is 8.36. The first kappa shape index (κ1) is 13.7. The Bertz CT molecular complexity index is 707. The Morgan fingerprint density at radius 1 is 0.952 bits per heavy atom. The Balaban J connectivity index is 1.67. The standard InChI is InChI=1S/C18H18N2O/c21-16(6-5-14-7-10-19-11-8-14)13-15-9-12-20-18-4-2-1-3-17(15)18/h1-4,7-12,16,21H,5-6,13H2. The largest absolute Gasteiger partial charge is 0.393 e. The molecule has 0 aliphatic rings. The van der Waals surface area contributed by atoms with Gasteiger partial charge in [0, 0.05) is 24.0 Å². The number of pyridine rings is 2. The van der Waals surface area contributed by atoms with Gasteiger partial charge in [0.2, 0.25) is 0 Å². The summed E-state index contributed by atoms with van der Waals surface area (Å²) < 4.78 is 0. The van der Waals surface area contributed by atoms with Crippen LogP contribution in [0.2, 0.25) is 0 Å². The summed E-state index contributed by atoms with van der Waals surface area (Å²) in [5, 5.41) is 11.4. The molecule has 0 aliphatic carbocycles. The Kier molecular flexibility index (Phi) is 4.22. The first-order valence-corrected chi connectivity index (χ1v) is 7.22. The number of aryl methyl sites for hydroxylation is 1. The second-order valence-electron chi connectivity index (χ2n) is 5.24. The number of para-hydroxylation sites is 1. The van der Waals surface area contributed by atoms with E-state index in [-0.39, 0.29) is 6.10 Å². The molecule has 0 spiro atoms. The van der Waals surface area contributed by atoms with Gasteiger partial charge in [0.1, 0.15) is 0 Å². The topological polar surface area (TPSA) is 46.0 Å². The molecule has 0 radical (unpaired) electrons. The number of hydrogen-bond acceptors (Lipinski definition) is 3. The quantitative estimate of drug-likeness (QED) is 0.779. The lowest BCUT2D eigenvalue weighted by atomic mass is 9.99. The maximum absolute atomic E-state index is 10.3. The van der Waals surface area contributed by atoms with Crippen LogP contribution in [0.3, 0.4) is 0 Å². The van der Waals surface area contributed by atoms with E-state index < -0.39 is 0 Å². The van der Waals surface area contributed by atoms with E-state index in [1.54, 1.807) is 12.4 Å². The van der Waals surface area contributed by atoms with Crippen molar-refractivity contribution in [1.29, 1.82) is 0 Å². The summed E-state index contributed by atoms with van der Waals surface area (Å²) >= 11 is 0. The predicted molar refractivity (Wildman–Crippen MR) is 84.0 cm³/mol. The Hall–Kier alpha value is -2.26. The van der Waals surface area contributed by atoms with Gasteiger partial charge in [-0.25, -0.2) is 0 Å². The molecule has 1 atom stereocenters. The van der Waals surface area contributed by atoms with Crippen LogP contribution in [-0.4, -0.2) is 21.2 Å². The van der Waals surface area contributed by atoms with Crippen molar-refractivity contribution in [3.05, 3.63) is 72.2 Å². The van der Waals surface area contributed by atoms with E-state index in [0.717, 1.165) is 29.3 Å². The van der Waals surface area contributed by atoms with E-state index in [9.17, 15) is 5.11 Å². The zero-order valence-electron chi connectivity index (χ0n) is 11.8. The molecule has 3 heteroatoms. The molecular formula is C18H18N2O. The zero-order valence-corrected chi connectivity index (χ0v) is 11.8. The maximum Gasteiger partial charge on any atom is 0.0704 e. The van der Waals surface area contributed by atoms with Crippen molar-refractivity contribution < 1.29 is 5.11 Å². The molecule has 21 heavy (non-hydrogen) atoms. The predicted octanol–water partition coefficient (Wildman–Crippen LogP) is 3.17. The van der Waals surface area contributed by atoms with Crippen LogP contribution in [0.4, 0.5) is 0 Å². The second kappa shape index (κ2) is 6.46. The summed E-state index contributed by atoms with van der Waals surface area (Å²) in [5.41, 5.74) is 3.35. The zero-order chi connectivity index (χ0) is 14.5. The molecule has 2 aromatic heterocycles. The van der Waals surface area contributed by atoms with Crippen molar-refractivity contribution in [1.82, 2.24) is 9.97 Å². The van der Waals surface area contributed by atoms with E-state index in [1.807, 2.05) is 42.6 Å². The Morgan fingerprint density at radius 2 is 1.76 bits per heavy atom. The van der Waals surface area contributed by atoms with Crippen molar-refractivity contribution >= 4 is 10.9 Å². The number of benzene rings is 1. The number of rotatable bonds is 5. The molecule has 1 aromatic carbocycles. The lowest BCUT2D eigenvalue weighted by Crippen LogP contribution is -2.12. The summed E-state index contributed by atoms with van der Waals surface area (Å²) in [6.07, 6.45) is 7.33. The van der Waals surface area contributed by atoms with Crippen LogP contribution < -0.4 is 0 Å². The fourth-order valence-corrected chi connectivity index (χ4v) is 2.57. The molecule has 0 bridgehead atoms. The highest BCUT2D eigenvalue weighted by molar-refractivity contribution is 5.81. The van der Waals surface area contributed by atoms with E-state index in [0.29, 0.717) is 6.42 Å². The minimum absolute atomic E-state index is 0.344. The number of fused-ring (bicyclic) bond motifs is 1. The third kappa shape index (κ3) is 3.44. The van der Waals surface area contributed by atoms with Crippen LogP contribution in [-0.2, 0) is 12.8 Å². The van der Waals surface area contributed by atoms with Crippen LogP contribution in [0.5, 0.6) is 0 Å². The van der Waals surface area contributed by atoms with Crippen LogP contribution in [0.1, 0.15) is 17.5 Å². The molecule has 0 amide bonds. The fourth-order valence-electron chi connectivity index (χ4n) is 2.57. The highest BCUT2D eigenvalue weighted by Gasteiger charge is 2.09. The SMILES string of the molecule is OC(CCc1ccncc1)Cc1ccnc2ccccc12. The van der Waals surface area contributed by atoms with E-state index in [2.05, 4.69) is 16.0 Å². The fraction of sp³-hybridized carbons (Fsp3) is 0.222. The minimum Gasteiger partial charge on any atom is -0.393 e. The minimum atomic E-state index is -0.344. The monoisotopic (exact) mass is 278 g/mol. The molecular weight excluding hydrogens is 260 g/mol. The average Bonchev–Trinajstić information content (AvgIpc) is 2.54. The molecule has 106 valence electrons. The normalized spacial score (nSPS) is 12.4.